The highest BCUT2D eigenvalue weighted by Gasteiger charge is 2.35. The van der Waals surface area contributed by atoms with Gasteiger partial charge in [-0.1, -0.05) is 50.5 Å². The van der Waals surface area contributed by atoms with Crippen LogP contribution in [0.5, 0.6) is 5.75 Å². The Morgan fingerprint density at radius 1 is 0.862 bits per heavy atom. The first-order valence-electron chi connectivity index (χ1n) is 11.2. The maximum absolute atomic E-state index is 14.0. The summed E-state index contributed by atoms with van der Waals surface area (Å²) in [5.74, 6) is 1.75. The van der Waals surface area contributed by atoms with E-state index in [1.165, 1.54) is 76.2 Å². The Hall–Kier alpha value is -1.90. The standard InChI is InChI=1S/C26H32F2O/c1-3-4-17-5-6-22-14-21(12-11-20(22)13-17)18-7-9-19(10-8-18)23-15-24(27)26(29-2)25(28)16-23/h7-10,15-17,20-22H,3-6,11-14H2,1-2H3. The molecule has 1 nitrogen and oxygen atoms in total. The number of hydrogen-bond donors (Lipinski definition) is 0. The topological polar surface area (TPSA) is 9.23 Å². The number of ether oxygens (including phenoxy) is 1. The van der Waals surface area contributed by atoms with Gasteiger partial charge >= 0.3 is 0 Å². The summed E-state index contributed by atoms with van der Waals surface area (Å²) in [6, 6.07) is 11.0. The molecule has 2 aliphatic carbocycles. The van der Waals surface area contributed by atoms with Gasteiger partial charge in [-0.15, -0.1) is 0 Å². The Morgan fingerprint density at radius 2 is 1.52 bits per heavy atom. The van der Waals surface area contributed by atoms with Crippen LogP contribution >= 0.6 is 0 Å². The maximum Gasteiger partial charge on any atom is 0.190 e. The molecule has 0 aliphatic heterocycles. The highest BCUT2D eigenvalue weighted by molar-refractivity contribution is 5.65. The number of hydrogen-bond acceptors (Lipinski definition) is 1. The first kappa shape index (κ1) is 20.4. The largest absolute Gasteiger partial charge is 0.491 e. The van der Waals surface area contributed by atoms with Gasteiger partial charge in [0.1, 0.15) is 0 Å². The van der Waals surface area contributed by atoms with Crippen LogP contribution in [0.1, 0.15) is 69.8 Å². The minimum Gasteiger partial charge on any atom is -0.491 e. The Morgan fingerprint density at radius 3 is 2.17 bits per heavy atom. The van der Waals surface area contributed by atoms with Crippen molar-refractivity contribution in [2.24, 2.45) is 17.8 Å². The third-order valence-corrected chi connectivity index (χ3v) is 7.34. The lowest BCUT2D eigenvalue weighted by atomic mass is 9.63. The normalized spacial score (nSPS) is 26.8. The molecule has 0 radical (unpaired) electrons. The average molecular weight is 399 g/mol. The van der Waals surface area contributed by atoms with Crippen molar-refractivity contribution in [3.8, 4) is 16.9 Å². The van der Waals surface area contributed by atoms with E-state index in [-0.39, 0.29) is 5.75 Å². The molecule has 4 rings (SSSR count). The zero-order valence-electron chi connectivity index (χ0n) is 17.6. The predicted octanol–water partition coefficient (Wildman–Crippen LogP) is 7.74. The summed E-state index contributed by atoms with van der Waals surface area (Å²) in [6.07, 6.45) is 10.9. The highest BCUT2D eigenvalue weighted by atomic mass is 19.1. The van der Waals surface area contributed by atoms with Crippen LogP contribution < -0.4 is 4.74 Å². The lowest BCUT2D eigenvalue weighted by Gasteiger charge is -2.42. The fraction of sp³-hybridized carbons (Fsp3) is 0.538. The second kappa shape index (κ2) is 8.85. The molecule has 2 aromatic rings. The summed E-state index contributed by atoms with van der Waals surface area (Å²) < 4.78 is 32.8. The van der Waals surface area contributed by atoms with Crippen LogP contribution in [0, 0.1) is 29.4 Å². The predicted molar refractivity (Wildman–Crippen MR) is 114 cm³/mol. The molecule has 0 N–H and O–H groups in total. The monoisotopic (exact) mass is 398 g/mol. The van der Waals surface area contributed by atoms with E-state index in [0.717, 1.165) is 23.3 Å². The highest BCUT2D eigenvalue weighted by Crippen LogP contribution is 2.48. The van der Waals surface area contributed by atoms with Crippen LogP contribution in [0.25, 0.3) is 11.1 Å². The van der Waals surface area contributed by atoms with Crippen LogP contribution in [0.15, 0.2) is 36.4 Å². The number of fused-ring (bicyclic) bond motifs is 1. The van der Waals surface area contributed by atoms with Crippen molar-refractivity contribution in [3.63, 3.8) is 0 Å². The Kier molecular flexibility index (Phi) is 6.22. The molecule has 0 bridgehead atoms. The SMILES string of the molecule is CCCC1CCC2CC(c3ccc(-c4cc(F)c(OC)c(F)c4)cc3)CCC2C1. The van der Waals surface area contributed by atoms with Crippen molar-refractivity contribution in [1.29, 1.82) is 0 Å². The summed E-state index contributed by atoms with van der Waals surface area (Å²) >= 11 is 0. The summed E-state index contributed by atoms with van der Waals surface area (Å²) in [5, 5.41) is 0. The molecule has 2 aromatic carbocycles. The van der Waals surface area contributed by atoms with Gasteiger partial charge in [0, 0.05) is 0 Å². The first-order valence-corrected chi connectivity index (χ1v) is 11.2. The van der Waals surface area contributed by atoms with Crippen molar-refractivity contribution >= 4 is 0 Å². The molecular weight excluding hydrogens is 366 g/mol. The number of halogens is 2. The van der Waals surface area contributed by atoms with Gasteiger partial charge in [0.2, 0.25) is 0 Å². The maximum atomic E-state index is 14.0. The van der Waals surface area contributed by atoms with E-state index < -0.39 is 11.6 Å². The molecule has 2 saturated carbocycles. The van der Waals surface area contributed by atoms with E-state index in [9.17, 15) is 8.78 Å². The van der Waals surface area contributed by atoms with Gasteiger partial charge in [0.05, 0.1) is 7.11 Å². The van der Waals surface area contributed by atoms with Crippen molar-refractivity contribution in [2.75, 3.05) is 7.11 Å². The average Bonchev–Trinajstić information content (AvgIpc) is 2.73. The molecule has 0 spiro atoms. The summed E-state index contributed by atoms with van der Waals surface area (Å²) in [5.41, 5.74) is 2.76. The number of benzene rings is 2. The van der Waals surface area contributed by atoms with Crippen LogP contribution in [-0.4, -0.2) is 7.11 Å². The fourth-order valence-electron chi connectivity index (χ4n) is 5.83. The van der Waals surface area contributed by atoms with Crippen molar-refractivity contribution in [3.05, 3.63) is 53.6 Å². The van der Waals surface area contributed by atoms with Gasteiger partial charge in [-0.3, -0.25) is 0 Å². The Labute approximate surface area is 173 Å². The molecule has 156 valence electrons. The quantitative estimate of drug-likeness (QED) is 0.500. The molecule has 0 amide bonds. The lowest BCUT2D eigenvalue weighted by Crippen LogP contribution is -2.30. The van der Waals surface area contributed by atoms with E-state index in [4.69, 9.17) is 4.74 Å². The second-order valence-corrected chi connectivity index (χ2v) is 9.09. The molecule has 29 heavy (non-hydrogen) atoms. The second-order valence-electron chi connectivity index (χ2n) is 9.09. The van der Waals surface area contributed by atoms with Crippen molar-refractivity contribution < 1.29 is 13.5 Å². The summed E-state index contributed by atoms with van der Waals surface area (Å²) in [7, 11) is 1.28. The van der Waals surface area contributed by atoms with Crippen molar-refractivity contribution in [1.82, 2.24) is 0 Å². The molecule has 3 heteroatoms. The minimum atomic E-state index is -0.663. The lowest BCUT2D eigenvalue weighted by molar-refractivity contribution is 0.114. The van der Waals surface area contributed by atoms with Crippen LogP contribution in [-0.2, 0) is 0 Å². The van der Waals surface area contributed by atoms with E-state index in [2.05, 4.69) is 19.1 Å². The molecule has 0 heterocycles. The molecule has 4 atom stereocenters. The van der Waals surface area contributed by atoms with E-state index >= 15 is 0 Å². The minimum absolute atomic E-state index is 0.323. The van der Waals surface area contributed by atoms with Crippen molar-refractivity contribution in [2.45, 2.75) is 64.2 Å². The molecule has 4 unspecified atom stereocenters. The summed E-state index contributed by atoms with van der Waals surface area (Å²) in [6.45, 7) is 2.31. The number of rotatable bonds is 5. The van der Waals surface area contributed by atoms with Crippen LogP contribution in [0.3, 0.4) is 0 Å². The van der Waals surface area contributed by atoms with Gasteiger partial charge in [-0.2, -0.15) is 0 Å². The number of methoxy groups -OCH3 is 1. The third-order valence-electron chi connectivity index (χ3n) is 7.34. The van der Waals surface area contributed by atoms with E-state index in [1.807, 2.05) is 12.1 Å². The summed E-state index contributed by atoms with van der Waals surface area (Å²) in [4.78, 5) is 0. The third kappa shape index (κ3) is 4.34. The zero-order valence-corrected chi connectivity index (χ0v) is 17.6. The molecule has 2 fully saturated rings. The van der Waals surface area contributed by atoms with E-state index in [0.29, 0.717) is 11.5 Å². The van der Waals surface area contributed by atoms with Gasteiger partial charge in [-0.25, -0.2) is 8.78 Å². The first-order chi connectivity index (χ1) is 14.1. The molecule has 0 aromatic heterocycles. The molecule has 2 aliphatic rings. The van der Waals surface area contributed by atoms with Crippen LogP contribution in [0.4, 0.5) is 8.78 Å². The zero-order chi connectivity index (χ0) is 20.4. The van der Waals surface area contributed by atoms with Crippen LogP contribution in [0.2, 0.25) is 0 Å². The Bertz CT molecular complexity index is 806. The fourth-order valence-corrected chi connectivity index (χ4v) is 5.83. The van der Waals surface area contributed by atoms with Gasteiger partial charge in [0.15, 0.2) is 17.4 Å². The van der Waals surface area contributed by atoms with Gasteiger partial charge < -0.3 is 4.74 Å². The smallest absolute Gasteiger partial charge is 0.190 e. The van der Waals surface area contributed by atoms with Gasteiger partial charge in [-0.05, 0) is 84.6 Å². The Balaban J connectivity index is 1.44. The van der Waals surface area contributed by atoms with E-state index in [1.54, 1.807) is 0 Å². The molecule has 0 saturated heterocycles. The molecular formula is C26H32F2O. The van der Waals surface area contributed by atoms with Gasteiger partial charge in [0.25, 0.3) is 0 Å².